The van der Waals surface area contributed by atoms with E-state index in [1.807, 2.05) is 24.3 Å². The van der Waals surface area contributed by atoms with Gasteiger partial charge in [-0.2, -0.15) is 0 Å². The molecule has 7 nitrogen and oxygen atoms in total. The Balaban J connectivity index is 2.01. The molecule has 0 bridgehead atoms. The summed E-state index contributed by atoms with van der Waals surface area (Å²) >= 11 is 0. The molecule has 1 aromatic heterocycles. The van der Waals surface area contributed by atoms with Gasteiger partial charge < -0.3 is 19.8 Å². The van der Waals surface area contributed by atoms with Crippen molar-refractivity contribution in [3.8, 4) is 11.5 Å². The number of carbonyl (C=O) groups is 2. The molecule has 4 N–H and O–H groups in total. The van der Waals surface area contributed by atoms with Gasteiger partial charge in [0.15, 0.2) is 6.29 Å². The molecule has 1 amide bonds. The Morgan fingerprint density at radius 1 is 1.30 bits per heavy atom. The van der Waals surface area contributed by atoms with Crippen LogP contribution in [0.5, 0.6) is 11.5 Å². The molecule has 2 unspecified atom stereocenters. The molecular weight excluding hydrogens is 382 g/mol. The number of hydrogen-bond donors (Lipinski definition) is 2. The molecule has 156 valence electrons. The highest BCUT2D eigenvalue weighted by atomic mass is 16.5. The second-order valence-electron chi connectivity index (χ2n) is 7.52. The van der Waals surface area contributed by atoms with Gasteiger partial charge in [0, 0.05) is 29.8 Å². The largest absolute Gasteiger partial charge is 0.497 e. The number of aromatic nitrogens is 1. The summed E-state index contributed by atoms with van der Waals surface area (Å²) in [7, 11) is 1.57. The van der Waals surface area contributed by atoms with Gasteiger partial charge in [-0.25, -0.2) is 0 Å². The zero-order valence-corrected chi connectivity index (χ0v) is 16.8. The average Bonchev–Trinajstić information content (AvgIpc) is 3.08. The van der Waals surface area contributed by atoms with Crippen molar-refractivity contribution in [2.45, 2.75) is 38.0 Å². The van der Waals surface area contributed by atoms with Gasteiger partial charge in [0.2, 0.25) is 12.1 Å². The van der Waals surface area contributed by atoms with Crippen LogP contribution in [0.2, 0.25) is 0 Å². The SMILES string of the molecule is COc1cc(OC(N)C=O)c2c3c(n(Cc4ccccc4)c2c1)CCCC3C(N)=O. The van der Waals surface area contributed by atoms with Gasteiger partial charge in [0.1, 0.15) is 11.5 Å². The summed E-state index contributed by atoms with van der Waals surface area (Å²) in [5.41, 5.74) is 15.5. The van der Waals surface area contributed by atoms with E-state index in [4.69, 9.17) is 20.9 Å². The summed E-state index contributed by atoms with van der Waals surface area (Å²) in [5.74, 6) is 0.211. The van der Waals surface area contributed by atoms with E-state index in [-0.39, 0.29) is 5.91 Å². The normalized spacial score (nSPS) is 16.7. The summed E-state index contributed by atoms with van der Waals surface area (Å²) in [6, 6.07) is 13.7. The van der Waals surface area contributed by atoms with E-state index >= 15 is 0 Å². The van der Waals surface area contributed by atoms with Crippen LogP contribution >= 0.6 is 0 Å². The van der Waals surface area contributed by atoms with Crippen LogP contribution in [0.1, 0.15) is 35.6 Å². The van der Waals surface area contributed by atoms with Gasteiger partial charge in [0.05, 0.1) is 18.5 Å². The van der Waals surface area contributed by atoms with Crippen LogP contribution in [0, 0.1) is 0 Å². The number of nitrogens with zero attached hydrogens (tertiary/aromatic N) is 1. The van der Waals surface area contributed by atoms with E-state index in [0.717, 1.165) is 40.6 Å². The molecule has 0 fully saturated rings. The molecule has 0 spiro atoms. The first-order valence-corrected chi connectivity index (χ1v) is 9.97. The number of carbonyl (C=O) groups excluding carboxylic acids is 2. The Bertz CT molecular complexity index is 1090. The molecule has 2 aromatic carbocycles. The zero-order chi connectivity index (χ0) is 21.3. The lowest BCUT2D eigenvalue weighted by Gasteiger charge is -2.22. The number of rotatable bonds is 7. The number of primary amides is 1. The van der Waals surface area contributed by atoms with Crippen LogP contribution in [0.4, 0.5) is 0 Å². The van der Waals surface area contributed by atoms with Crippen molar-refractivity contribution >= 4 is 23.1 Å². The number of hydrogen-bond acceptors (Lipinski definition) is 5. The van der Waals surface area contributed by atoms with Gasteiger partial charge in [-0.1, -0.05) is 30.3 Å². The standard InChI is InChI=1S/C23H25N3O4/c1-29-15-10-18-22(19(11-15)30-20(24)13-27)21-16(23(25)28)8-5-9-17(21)26(18)12-14-6-3-2-4-7-14/h2-4,6-7,10-11,13,16,20H,5,8-9,12,24H2,1H3,(H2,25,28). The van der Waals surface area contributed by atoms with Crippen LogP contribution in [0.15, 0.2) is 42.5 Å². The van der Waals surface area contributed by atoms with Crippen molar-refractivity contribution in [1.82, 2.24) is 4.57 Å². The molecule has 0 saturated heterocycles. The second-order valence-corrected chi connectivity index (χ2v) is 7.52. The highest BCUT2D eigenvalue weighted by molar-refractivity contribution is 5.98. The molecule has 0 aliphatic heterocycles. The van der Waals surface area contributed by atoms with E-state index < -0.39 is 12.1 Å². The highest BCUT2D eigenvalue weighted by Crippen LogP contribution is 2.45. The molecule has 0 saturated carbocycles. The lowest BCUT2D eigenvalue weighted by Crippen LogP contribution is -2.29. The number of aldehydes is 1. The predicted molar refractivity (Wildman–Crippen MR) is 114 cm³/mol. The zero-order valence-electron chi connectivity index (χ0n) is 16.8. The van der Waals surface area contributed by atoms with Crippen molar-refractivity contribution in [3.05, 3.63) is 59.3 Å². The number of fused-ring (bicyclic) bond motifs is 3. The molecule has 30 heavy (non-hydrogen) atoms. The lowest BCUT2D eigenvalue weighted by molar-refractivity contribution is -0.119. The van der Waals surface area contributed by atoms with Crippen LogP contribution in [-0.4, -0.2) is 30.1 Å². The molecular formula is C23H25N3O4. The summed E-state index contributed by atoms with van der Waals surface area (Å²) < 4.78 is 13.4. The fourth-order valence-electron chi connectivity index (χ4n) is 4.37. The molecule has 1 aliphatic rings. The molecule has 1 heterocycles. The van der Waals surface area contributed by atoms with Gasteiger partial charge in [-0.05, 0) is 30.4 Å². The van der Waals surface area contributed by atoms with Gasteiger partial charge in [0.25, 0.3) is 0 Å². The summed E-state index contributed by atoms with van der Waals surface area (Å²) in [5, 5.41) is 0.766. The predicted octanol–water partition coefficient (Wildman–Crippen LogP) is 2.47. The monoisotopic (exact) mass is 407 g/mol. The minimum Gasteiger partial charge on any atom is -0.497 e. The number of amides is 1. The van der Waals surface area contributed by atoms with E-state index in [1.165, 1.54) is 0 Å². The number of benzene rings is 2. The fourth-order valence-corrected chi connectivity index (χ4v) is 4.37. The Labute approximate surface area is 174 Å². The average molecular weight is 407 g/mol. The quantitative estimate of drug-likeness (QED) is 0.462. The highest BCUT2D eigenvalue weighted by Gasteiger charge is 2.33. The van der Waals surface area contributed by atoms with Crippen LogP contribution in [-0.2, 0) is 22.6 Å². The maximum Gasteiger partial charge on any atom is 0.225 e. The summed E-state index contributed by atoms with van der Waals surface area (Å²) in [6.45, 7) is 0.629. The Morgan fingerprint density at radius 2 is 2.07 bits per heavy atom. The van der Waals surface area contributed by atoms with Gasteiger partial charge >= 0.3 is 0 Å². The van der Waals surface area contributed by atoms with Gasteiger partial charge in [-0.15, -0.1) is 0 Å². The van der Waals surface area contributed by atoms with Crippen molar-refractivity contribution in [1.29, 1.82) is 0 Å². The molecule has 7 heteroatoms. The number of nitrogens with two attached hydrogens (primary N) is 2. The second kappa shape index (κ2) is 8.20. The first kappa shape index (κ1) is 20.0. The van der Waals surface area contributed by atoms with E-state index in [9.17, 15) is 9.59 Å². The first-order valence-electron chi connectivity index (χ1n) is 9.97. The third kappa shape index (κ3) is 3.52. The van der Waals surface area contributed by atoms with E-state index in [0.29, 0.717) is 30.8 Å². The molecule has 4 rings (SSSR count). The summed E-state index contributed by atoms with van der Waals surface area (Å²) in [4.78, 5) is 23.5. The minimum atomic E-state index is -1.12. The van der Waals surface area contributed by atoms with Crippen LogP contribution < -0.4 is 20.9 Å². The first-order chi connectivity index (χ1) is 14.5. The maximum atomic E-state index is 12.3. The topological polar surface area (TPSA) is 110 Å². The van der Waals surface area contributed by atoms with Crippen LogP contribution in [0.3, 0.4) is 0 Å². The van der Waals surface area contributed by atoms with Crippen molar-refractivity contribution in [3.63, 3.8) is 0 Å². The van der Waals surface area contributed by atoms with E-state index in [1.54, 1.807) is 13.2 Å². The van der Waals surface area contributed by atoms with Crippen molar-refractivity contribution < 1.29 is 19.1 Å². The third-order valence-corrected chi connectivity index (χ3v) is 5.67. The Morgan fingerprint density at radius 3 is 2.73 bits per heavy atom. The molecule has 0 radical (unpaired) electrons. The Kier molecular flexibility index (Phi) is 5.46. The van der Waals surface area contributed by atoms with Crippen molar-refractivity contribution in [2.75, 3.05) is 7.11 Å². The van der Waals surface area contributed by atoms with Gasteiger partial charge in [-0.3, -0.25) is 15.3 Å². The fraction of sp³-hybridized carbons (Fsp3) is 0.304. The minimum absolute atomic E-state index is 0.365. The molecule has 1 aliphatic carbocycles. The smallest absolute Gasteiger partial charge is 0.225 e. The Hall–Kier alpha value is -3.32. The number of ether oxygens (including phenoxy) is 2. The maximum absolute atomic E-state index is 12.3. The lowest BCUT2D eigenvalue weighted by atomic mass is 9.84. The summed E-state index contributed by atoms with van der Waals surface area (Å²) in [6.07, 6.45) is 1.78. The van der Waals surface area contributed by atoms with Crippen molar-refractivity contribution in [2.24, 2.45) is 11.5 Å². The molecule has 2 atom stereocenters. The number of methoxy groups -OCH3 is 1. The third-order valence-electron chi connectivity index (χ3n) is 5.67. The van der Waals surface area contributed by atoms with Crippen LogP contribution in [0.25, 0.3) is 10.9 Å². The van der Waals surface area contributed by atoms with E-state index in [2.05, 4.69) is 16.7 Å². The molecule has 3 aromatic rings.